The Morgan fingerprint density at radius 1 is 1.25 bits per heavy atom. The second kappa shape index (κ2) is 7.86. The van der Waals surface area contributed by atoms with E-state index in [1.165, 1.54) is 0 Å². The first kappa shape index (κ1) is 17.9. The molecule has 1 aromatic carbocycles. The lowest BCUT2D eigenvalue weighted by Gasteiger charge is -2.32. The average Bonchev–Trinajstić information content (AvgIpc) is 3.04. The monoisotopic (exact) mass is 327 g/mol. The standard InChI is InChI=1S/C20H25NO3/c1-5-10-17(18-13-9-14-23-18)21(19(22)24-20(2,3)4)15-16-11-7-6-8-12-16/h5-9,11-14,17H,1,10,15H2,2-4H3. The largest absolute Gasteiger partial charge is 0.467 e. The molecule has 0 aliphatic heterocycles. The number of ether oxygens (including phenoxy) is 1. The van der Waals surface area contributed by atoms with Gasteiger partial charge in [-0.25, -0.2) is 4.79 Å². The highest BCUT2D eigenvalue weighted by Gasteiger charge is 2.30. The van der Waals surface area contributed by atoms with Gasteiger partial charge in [0, 0.05) is 6.54 Å². The third-order valence-corrected chi connectivity index (χ3v) is 3.46. The van der Waals surface area contributed by atoms with Gasteiger partial charge in [-0.1, -0.05) is 36.4 Å². The molecular formula is C20H25NO3. The van der Waals surface area contributed by atoms with E-state index in [1.807, 2.05) is 63.2 Å². The topological polar surface area (TPSA) is 42.7 Å². The molecule has 2 aromatic rings. The predicted molar refractivity (Wildman–Crippen MR) is 94.5 cm³/mol. The fraction of sp³-hybridized carbons (Fsp3) is 0.350. The van der Waals surface area contributed by atoms with Crippen molar-refractivity contribution in [3.05, 3.63) is 72.7 Å². The Morgan fingerprint density at radius 3 is 2.50 bits per heavy atom. The van der Waals surface area contributed by atoms with Crippen LogP contribution in [-0.2, 0) is 11.3 Å². The number of hydrogen-bond acceptors (Lipinski definition) is 3. The maximum atomic E-state index is 12.8. The molecule has 0 N–H and O–H groups in total. The Morgan fingerprint density at radius 2 is 1.96 bits per heavy atom. The molecule has 0 fully saturated rings. The van der Waals surface area contributed by atoms with Gasteiger partial charge in [0.2, 0.25) is 0 Å². The molecule has 4 heteroatoms. The molecule has 1 amide bonds. The quantitative estimate of drug-likeness (QED) is 0.673. The molecule has 0 aliphatic rings. The van der Waals surface area contributed by atoms with Crippen LogP contribution in [0.5, 0.6) is 0 Å². The van der Waals surface area contributed by atoms with Gasteiger partial charge in [0.1, 0.15) is 11.4 Å². The number of nitrogens with zero attached hydrogens (tertiary/aromatic N) is 1. The van der Waals surface area contributed by atoms with Gasteiger partial charge in [0.15, 0.2) is 0 Å². The first-order valence-corrected chi connectivity index (χ1v) is 8.08. The molecule has 1 atom stereocenters. The van der Waals surface area contributed by atoms with Gasteiger partial charge < -0.3 is 9.15 Å². The minimum atomic E-state index is -0.562. The smallest absolute Gasteiger partial charge is 0.411 e. The van der Waals surface area contributed by atoms with Gasteiger partial charge in [-0.3, -0.25) is 4.90 Å². The van der Waals surface area contributed by atoms with Gasteiger partial charge in [-0.05, 0) is 44.9 Å². The molecule has 0 aliphatic carbocycles. The number of carbonyl (C=O) groups excluding carboxylic acids is 1. The summed E-state index contributed by atoms with van der Waals surface area (Å²) in [5.74, 6) is 0.719. The Labute approximate surface area is 143 Å². The molecule has 1 unspecified atom stereocenters. The van der Waals surface area contributed by atoms with Crippen LogP contribution in [0.25, 0.3) is 0 Å². The van der Waals surface area contributed by atoms with Crippen LogP contribution < -0.4 is 0 Å². The molecule has 0 saturated heterocycles. The normalized spacial score (nSPS) is 12.5. The summed E-state index contributed by atoms with van der Waals surface area (Å²) in [4.78, 5) is 14.5. The molecule has 1 heterocycles. The lowest BCUT2D eigenvalue weighted by molar-refractivity contribution is 0.0116. The van der Waals surface area contributed by atoms with E-state index in [4.69, 9.17) is 9.15 Å². The van der Waals surface area contributed by atoms with E-state index in [9.17, 15) is 4.79 Å². The number of furan rings is 1. The molecule has 1 aromatic heterocycles. The molecule has 2 rings (SSSR count). The van der Waals surface area contributed by atoms with Crippen LogP contribution in [0.1, 0.15) is 44.6 Å². The molecular weight excluding hydrogens is 302 g/mol. The molecule has 0 bridgehead atoms. The summed E-state index contributed by atoms with van der Waals surface area (Å²) in [6.07, 6.45) is 3.62. The zero-order valence-corrected chi connectivity index (χ0v) is 14.6. The first-order valence-electron chi connectivity index (χ1n) is 8.08. The number of rotatable bonds is 6. The third-order valence-electron chi connectivity index (χ3n) is 3.46. The summed E-state index contributed by atoms with van der Waals surface area (Å²) in [6, 6.07) is 13.3. The number of carbonyl (C=O) groups is 1. The van der Waals surface area contributed by atoms with Crippen molar-refractivity contribution in [1.29, 1.82) is 0 Å². The van der Waals surface area contributed by atoms with Gasteiger partial charge >= 0.3 is 6.09 Å². The maximum absolute atomic E-state index is 12.8. The first-order chi connectivity index (χ1) is 11.4. The minimum Gasteiger partial charge on any atom is -0.467 e. The predicted octanol–water partition coefficient (Wildman–Crippen LogP) is 5.33. The van der Waals surface area contributed by atoms with Crippen molar-refractivity contribution in [2.24, 2.45) is 0 Å². The van der Waals surface area contributed by atoms with E-state index in [0.29, 0.717) is 13.0 Å². The summed E-state index contributed by atoms with van der Waals surface area (Å²) in [7, 11) is 0. The summed E-state index contributed by atoms with van der Waals surface area (Å²) in [6.45, 7) is 9.84. The highest BCUT2D eigenvalue weighted by molar-refractivity contribution is 5.69. The fourth-order valence-electron chi connectivity index (χ4n) is 2.44. The van der Waals surface area contributed by atoms with E-state index < -0.39 is 5.60 Å². The third kappa shape index (κ3) is 5.01. The maximum Gasteiger partial charge on any atom is 0.411 e. The molecule has 24 heavy (non-hydrogen) atoms. The lowest BCUT2D eigenvalue weighted by Crippen LogP contribution is -2.38. The molecule has 0 radical (unpaired) electrons. The van der Waals surface area contributed by atoms with Crippen molar-refractivity contribution in [1.82, 2.24) is 4.90 Å². The zero-order valence-electron chi connectivity index (χ0n) is 14.6. The van der Waals surface area contributed by atoms with Crippen LogP contribution >= 0.6 is 0 Å². The van der Waals surface area contributed by atoms with E-state index in [-0.39, 0.29) is 12.1 Å². The van der Waals surface area contributed by atoms with E-state index in [0.717, 1.165) is 11.3 Å². The molecule has 0 spiro atoms. The van der Waals surface area contributed by atoms with Crippen LogP contribution in [0.3, 0.4) is 0 Å². The second-order valence-corrected chi connectivity index (χ2v) is 6.65. The van der Waals surface area contributed by atoms with Crippen molar-refractivity contribution < 1.29 is 13.9 Å². The number of amides is 1. The minimum absolute atomic E-state index is 0.257. The van der Waals surface area contributed by atoms with Crippen LogP contribution in [0, 0.1) is 0 Å². The van der Waals surface area contributed by atoms with E-state index in [2.05, 4.69) is 6.58 Å². The lowest BCUT2D eigenvalue weighted by atomic mass is 10.1. The molecule has 4 nitrogen and oxygen atoms in total. The summed E-state index contributed by atoms with van der Waals surface area (Å²) < 4.78 is 11.2. The summed E-state index contributed by atoms with van der Waals surface area (Å²) in [5.41, 5.74) is 0.470. The number of benzene rings is 1. The van der Waals surface area contributed by atoms with E-state index >= 15 is 0 Å². The van der Waals surface area contributed by atoms with Gasteiger partial charge in [0.25, 0.3) is 0 Å². The SMILES string of the molecule is C=CCC(c1ccco1)N(Cc1ccccc1)C(=O)OC(C)(C)C. The summed E-state index contributed by atoms with van der Waals surface area (Å²) in [5, 5.41) is 0. The van der Waals surface area contributed by atoms with Crippen LogP contribution in [0.4, 0.5) is 4.79 Å². The van der Waals surface area contributed by atoms with E-state index in [1.54, 1.807) is 17.2 Å². The van der Waals surface area contributed by atoms with Crippen molar-refractivity contribution in [3.8, 4) is 0 Å². The average molecular weight is 327 g/mol. The van der Waals surface area contributed by atoms with Crippen molar-refractivity contribution >= 4 is 6.09 Å². The van der Waals surface area contributed by atoms with Gasteiger partial charge in [-0.2, -0.15) is 0 Å². The van der Waals surface area contributed by atoms with Crippen molar-refractivity contribution in [2.75, 3.05) is 0 Å². The molecule has 128 valence electrons. The fourth-order valence-corrected chi connectivity index (χ4v) is 2.44. The Balaban J connectivity index is 2.32. The van der Waals surface area contributed by atoms with Crippen molar-refractivity contribution in [3.63, 3.8) is 0 Å². The van der Waals surface area contributed by atoms with Crippen LogP contribution in [-0.4, -0.2) is 16.6 Å². The Kier molecular flexibility index (Phi) is 5.85. The highest BCUT2D eigenvalue weighted by atomic mass is 16.6. The zero-order chi connectivity index (χ0) is 17.6. The summed E-state index contributed by atoms with van der Waals surface area (Å²) >= 11 is 0. The van der Waals surface area contributed by atoms with Gasteiger partial charge in [0.05, 0.1) is 12.3 Å². The van der Waals surface area contributed by atoms with Gasteiger partial charge in [-0.15, -0.1) is 6.58 Å². The highest BCUT2D eigenvalue weighted by Crippen LogP contribution is 2.29. The van der Waals surface area contributed by atoms with Crippen LogP contribution in [0.15, 0.2) is 65.8 Å². The van der Waals surface area contributed by atoms with Crippen molar-refractivity contribution in [2.45, 2.75) is 45.4 Å². The Hall–Kier alpha value is -2.49. The van der Waals surface area contributed by atoms with Crippen LogP contribution in [0.2, 0.25) is 0 Å². The molecule has 0 saturated carbocycles. The Bertz CT molecular complexity index is 641. The number of hydrogen-bond donors (Lipinski definition) is 0. The second-order valence-electron chi connectivity index (χ2n) is 6.65.